The number of rotatable bonds is 5. The Kier molecular flexibility index (Phi) is 5.07. The van der Waals surface area contributed by atoms with Crippen molar-refractivity contribution in [3.63, 3.8) is 0 Å². The van der Waals surface area contributed by atoms with Gasteiger partial charge in [0.05, 0.1) is 13.2 Å². The molecule has 1 aliphatic carbocycles. The van der Waals surface area contributed by atoms with Crippen molar-refractivity contribution < 1.29 is 9.84 Å². The molecule has 0 aromatic heterocycles. The Morgan fingerprint density at radius 3 is 2.56 bits per heavy atom. The van der Waals surface area contributed by atoms with Crippen molar-refractivity contribution >= 4 is 0 Å². The summed E-state index contributed by atoms with van der Waals surface area (Å²) >= 11 is 0. The molecule has 1 saturated heterocycles. The number of hydrogen-bond donors (Lipinski definition) is 1. The van der Waals surface area contributed by atoms with Crippen LogP contribution in [0.4, 0.5) is 0 Å². The van der Waals surface area contributed by atoms with E-state index in [1.165, 1.54) is 38.5 Å². The van der Waals surface area contributed by atoms with Gasteiger partial charge in [-0.15, -0.1) is 0 Å². The Hall–Kier alpha value is -0.120. The molecule has 1 aliphatic heterocycles. The van der Waals surface area contributed by atoms with E-state index in [1.807, 2.05) is 0 Å². The summed E-state index contributed by atoms with van der Waals surface area (Å²) in [6.07, 6.45) is 7.99. The number of aliphatic hydroxyl groups is 1. The maximum absolute atomic E-state index is 9.17. The molecule has 1 saturated carbocycles. The molecule has 0 bridgehead atoms. The normalized spacial score (nSPS) is 27.8. The zero-order valence-corrected chi connectivity index (χ0v) is 10.2. The zero-order chi connectivity index (χ0) is 11.2. The predicted molar refractivity (Wildman–Crippen MR) is 64.5 cm³/mol. The Balaban J connectivity index is 1.82. The van der Waals surface area contributed by atoms with E-state index in [-0.39, 0.29) is 0 Å². The van der Waals surface area contributed by atoms with Crippen LogP contribution in [0.1, 0.15) is 38.5 Å². The lowest BCUT2D eigenvalue weighted by molar-refractivity contribution is 0.0993. The molecular formula is C13H25NO2. The van der Waals surface area contributed by atoms with E-state index in [4.69, 9.17) is 9.84 Å². The average molecular weight is 227 g/mol. The SMILES string of the molecule is OCCN(CC1CCOC1)C1CCCCC1. The lowest BCUT2D eigenvalue weighted by Gasteiger charge is -2.35. The van der Waals surface area contributed by atoms with E-state index >= 15 is 0 Å². The minimum Gasteiger partial charge on any atom is -0.395 e. The van der Waals surface area contributed by atoms with Gasteiger partial charge < -0.3 is 9.84 Å². The molecule has 3 nitrogen and oxygen atoms in total. The zero-order valence-electron chi connectivity index (χ0n) is 10.2. The van der Waals surface area contributed by atoms with Gasteiger partial charge in [0.2, 0.25) is 0 Å². The van der Waals surface area contributed by atoms with Crippen molar-refractivity contribution in [2.75, 3.05) is 32.9 Å². The average Bonchev–Trinajstić information content (AvgIpc) is 2.83. The van der Waals surface area contributed by atoms with E-state index in [0.717, 1.165) is 32.3 Å². The molecule has 94 valence electrons. The van der Waals surface area contributed by atoms with E-state index in [0.29, 0.717) is 12.5 Å². The maximum Gasteiger partial charge on any atom is 0.0558 e. The number of ether oxygens (including phenoxy) is 1. The van der Waals surface area contributed by atoms with Crippen LogP contribution < -0.4 is 0 Å². The van der Waals surface area contributed by atoms with Crippen LogP contribution in [-0.4, -0.2) is 49.0 Å². The first-order valence-electron chi connectivity index (χ1n) is 6.83. The molecule has 0 spiro atoms. The first-order valence-corrected chi connectivity index (χ1v) is 6.83. The minimum atomic E-state index is 0.296. The third kappa shape index (κ3) is 3.44. The predicted octanol–water partition coefficient (Wildman–Crippen LogP) is 1.65. The molecule has 2 fully saturated rings. The van der Waals surface area contributed by atoms with Crippen LogP contribution in [0.3, 0.4) is 0 Å². The second-order valence-electron chi connectivity index (χ2n) is 5.24. The summed E-state index contributed by atoms with van der Waals surface area (Å²) in [6, 6.07) is 0.724. The lowest BCUT2D eigenvalue weighted by atomic mass is 9.93. The summed E-state index contributed by atoms with van der Waals surface area (Å²) in [7, 11) is 0. The van der Waals surface area contributed by atoms with Crippen molar-refractivity contribution in [1.82, 2.24) is 4.90 Å². The highest BCUT2D eigenvalue weighted by Gasteiger charge is 2.25. The fraction of sp³-hybridized carbons (Fsp3) is 1.00. The Bertz CT molecular complexity index is 186. The molecule has 3 heteroatoms. The smallest absolute Gasteiger partial charge is 0.0558 e. The third-order valence-electron chi connectivity index (χ3n) is 4.00. The van der Waals surface area contributed by atoms with E-state index in [9.17, 15) is 0 Å². The highest BCUT2D eigenvalue weighted by molar-refractivity contribution is 4.79. The van der Waals surface area contributed by atoms with Crippen LogP contribution in [0.5, 0.6) is 0 Å². The van der Waals surface area contributed by atoms with Crippen molar-refractivity contribution in [1.29, 1.82) is 0 Å². The van der Waals surface area contributed by atoms with Crippen LogP contribution in [0.15, 0.2) is 0 Å². The largest absolute Gasteiger partial charge is 0.395 e. The molecule has 0 radical (unpaired) electrons. The fourth-order valence-corrected chi connectivity index (χ4v) is 3.06. The van der Waals surface area contributed by atoms with E-state index in [1.54, 1.807) is 0 Å². The van der Waals surface area contributed by atoms with Gasteiger partial charge in [-0.2, -0.15) is 0 Å². The molecule has 2 rings (SSSR count). The van der Waals surface area contributed by atoms with Crippen molar-refractivity contribution in [3.8, 4) is 0 Å². The summed E-state index contributed by atoms with van der Waals surface area (Å²) in [5, 5.41) is 9.17. The Morgan fingerprint density at radius 1 is 1.12 bits per heavy atom. The Morgan fingerprint density at radius 2 is 1.94 bits per heavy atom. The first-order chi connectivity index (χ1) is 7.90. The molecule has 0 aromatic carbocycles. The van der Waals surface area contributed by atoms with Gasteiger partial charge >= 0.3 is 0 Å². The van der Waals surface area contributed by atoms with Gasteiger partial charge in [0.15, 0.2) is 0 Å². The summed E-state index contributed by atoms with van der Waals surface area (Å²) in [4.78, 5) is 2.51. The molecule has 1 heterocycles. The van der Waals surface area contributed by atoms with Gasteiger partial charge in [-0.05, 0) is 25.2 Å². The third-order valence-corrected chi connectivity index (χ3v) is 4.00. The van der Waals surface area contributed by atoms with Crippen molar-refractivity contribution in [3.05, 3.63) is 0 Å². The van der Waals surface area contributed by atoms with Crippen molar-refractivity contribution in [2.45, 2.75) is 44.6 Å². The van der Waals surface area contributed by atoms with Gasteiger partial charge in [0.1, 0.15) is 0 Å². The molecule has 2 aliphatic rings. The van der Waals surface area contributed by atoms with Crippen LogP contribution in [0.25, 0.3) is 0 Å². The summed E-state index contributed by atoms with van der Waals surface area (Å²) in [5.41, 5.74) is 0. The van der Waals surface area contributed by atoms with Gasteiger partial charge in [-0.25, -0.2) is 0 Å². The standard InChI is InChI=1S/C13H25NO2/c15-8-7-14(10-12-6-9-16-11-12)13-4-2-1-3-5-13/h12-13,15H,1-11H2. The molecule has 1 N–H and O–H groups in total. The van der Waals surface area contributed by atoms with E-state index in [2.05, 4.69) is 4.90 Å². The summed E-state index contributed by atoms with van der Waals surface area (Å²) in [5.74, 6) is 0.702. The fourth-order valence-electron chi connectivity index (χ4n) is 3.06. The minimum absolute atomic E-state index is 0.296. The van der Waals surface area contributed by atoms with Crippen LogP contribution in [0, 0.1) is 5.92 Å². The quantitative estimate of drug-likeness (QED) is 0.775. The lowest BCUT2D eigenvalue weighted by Crippen LogP contribution is -2.41. The second kappa shape index (κ2) is 6.58. The molecule has 16 heavy (non-hydrogen) atoms. The maximum atomic E-state index is 9.17. The van der Waals surface area contributed by atoms with Gasteiger partial charge in [0, 0.05) is 25.7 Å². The van der Waals surface area contributed by atoms with Crippen LogP contribution in [0.2, 0.25) is 0 Å². The monoisotopic (exact) mass is 227 g/mol. The summed E-state index contributed by atoms with van der Waals surface area (Å²) in [6.45, 7) is 4.13. The Labute approximate surface area is 98.8 Å². The number of nitrogens with zero attached hydrogens (tertiary/aromatic N) is 1. The molecule has 1 unspecified atom stereocenters. The molecule has 0 aromatic rings. The van der Waals surface area contributed by atoms with Crippen LogP contribution in [-0.2, 0) is 4.74 Å². The number of aliphatic hydroxyl groups excluding tert-OH is 1. The highest BCUT2D eigenvalue weighted by atomic mass is 16.5. The second-order valence-corrected chi connectivity index (χ2v) is 5.24. The van der Waals surface area contributed by atoms with E-state index < -0.39 is 0 Å². The van der Waals surface area contributed by atoms with Gasteiger partial charge in [0.25, 0.3) is 0 Å². The molecule has 1 atom stereocenters. The van der Waals surface area contributed by atoms with Crippen LogP contribution >= 0.6 is 0 Å². The highest BCUT2D eigenvalue weighted by Crippen LogP contribution is 2.24. The van der Waals surface area contributed by atoms with Crippen molar-refractivity contribution in [2.24, 2.45) is 5.92 Å². The first kappa shape index (κ1) is 12.3. The topological polar surface area (TPSA) is 32.7 Å². The molecule has 0 amide bonds. The molecular weight excluding hydrogens is 202 g/mol. The van der Waals surface area contributed by atoms with Gasteiger partial charge in [-0.3, -0.25) is 4.90 Å². The summed E-state index contributed by atoms with van der Waals surface area (Å²) < 4.78 is 5.43. The number of hydrogen-bond acceptors (Lipinski definition) is 3. The van der Waals surface area contributed by atoms with Gasteiger partial charge in [-0.1, -0.05) is 19.3 Å².